The number of carbonyl (C=O) groups excluding carboxylic acids is 1. The summed E-state index contributed by atoms with van der Waals surface area (Å²) in [5, 5.41) is 2.83. The lowest BCUT2D eigenvalue weighted by atomic mass is 10.1. The highest BCUT2D eigenvalue weighted by atomic mass is 19.4. The van der Waals surface area contributed by atoms with Gasteiger partial charge in [-0.05, 0) is 42.8 Å². The molecular formula is C25H19F3N6O2. The zero-order valence-corrected chi connectivity index (χ0v) is 18.7. The number of urea groups is 1. The summed E-state index contributed by atoms with van der Waals surface area (Å²) in [4.78, 5) is 30.2. The third-order valence-corrected chi connectivity index (χ3v) is 6.33. The number of anilines is 3. The maximum Gasteiger partial charge on any atom is 0.416 e. The van der Waals surface area contributed by atoms with Crippen LogP contribution in [0.4, 0.5) is 35.3 Å². The molecule has 2 aliphatic rings. The van der Waals surface area contributed by atoms with Crippen LogP contribution in [0.1, 0.15) is 12.0 Å². The lowest BCUT2D eigenvalue weighted by molar-refractivity contribution is -0.137. The highest BCUT2D eigenvalue weighted by Crippen LogP contribution is 2.41. The van der Waals surface area contributed by atoms with Gasteiger partial charge in [-0.2, -0.15) is 13.2 Å². The molecular weight excluding hydrogens is 473 g/mol. The molecule has 182 valence electrons. The lowest BCUT2D eigenvalue weighted by Crippen LogP contribution is -2.48. The van der Waals surface area contributed by atoms with Gasteiger partial charge in [0, 0.05) is 18.7 Å². The summed E-state index contributed by atoms with van der Waals surface area (Å²) in [6, 6.07) is 13.1. The predicted molar refractivity (Wildman–Crippen MR) is 127 cm³/mol. The fraction of sp³-hybridized carbons (Fsp3) is 0.200. The molecule has 0 saturated carbocycles. The first-order chi connectivity index (χ1) is 17.4. The van der Waals surface area contributed by atoms with Gasteiger partial charge in [0.1, 0.15) is 11.5 Å². The van der Waals surface area contributed by atoms with Crippen molar-refractivity contribution in [2.75, 3.05) is 28.2 Å². The van der Waals surface area contributed by atoms with E-state index < -0.39 is 17.8 Å². The van der Waals surface area contributed by atoms with Gasteiger partial charge in [0.2, 0.25) is 0 Å². The normalized spacial score (nSPS) is 16.7. The molecule has 2 aliphatic heterocycles. The minimum absolute atomic E-state index is 0.126. The van der Waals surface area contributed by atoms with Gasteiger partial charge in [0.25, 0.3) is 0 Å². The second kappa shape index (κ2) is 8.36. The van der Waals surface area contributed by atoms with Crippen molar-refractivity contribution in [3.8, 4) is 22.7 Å². The third-order valence-electron chi connectivity index (χ3n) is 6.33. The largest absolute Gasteiger partial charge is 0.442 e. The monoisotopic (exact) mass is 492 g/mol. The minimum Gasteiger partial charge on any atom is -0.442 e. The van der Waals surface area contributed by atoms with E-state index in [0.717, 1.165) is 30.8 Å². The SMILES string of the molecule is O=C(Nc1cccc(-c2cnco2)n1)N1c2nc(-c3cccc(C(F)(F)F)c3)ccc2N2CC[C@H]1C2. The molecule has 11 heteroatoms. The highest BCUT2D eigenvalue weighted by molar-refractivity contribution is 6.04. The first kappa shape index (κ1) is 22.1. The number of hydrogen-bond donors (Lipinski definition) is 1. The number of carbonyl (C=O) groups is 1. The van der Waals surface area contributed by atoms with Gasteiger partial charge in [0.15, 0.2) is 18.0 Å². The molecule has 2 bridgehead atoms. The first-order valence-electron chi connectivity index (χ1n) is 11.3. The van der Waals surface area contributed by atoms with Crippen molar-refractivity contribution < 1.29 is 22.4 Å². The fourth-order valence-electron chi connectivity index (χ4n) is 4.64. The van der Waals surface area contributed by atoms with Gasteiger partial charge in [0.05, 0.1) is 29.2 Å². The molecule has 0 spiro atoms. The number of pyridine rings is 2. The number of oxazole rings is 1. The predicted octanol–water partition coefficient (Wildman–Crippen LogP) is 5.45. The van der Waals surface area contributed by atoms with Crippen LogP contribution in [0.2, 0.25) is 0 Å². The molecule has 1 N–H and O–H groups in total. The Labute approximate surface area is 203 Å². The van der Waals surface area contributed by atoms with E-state index >= 15 is 0 Å². The molecule has 0 aliphatic carbocycles. The maximum absolute atomic E-state index is 13.5. The number of fused-ring (bicyclic) bond motifs is 4. The summed E-state index contributed by atoms with van der Waals surface area (Å²) in [6.45, 7) is 1.40. The van der Waals surface area contributed by atoms with Gasteiger partial charge in [-0.15, -0.1) is 0 Å². The number of nitrogens with zero attached hydrogens (tertiary/aromatic N) is 5. The zero-order chi connectivity index (χ0) is 24.9. The van der Waals surface area contributed by atoms with Crippen molar-refractivity contribution in [3.05, 3.63) is 72.8 Å². The molecule has 8 nitrogen and oxygen atoms in total. The van der Waals surface area contributed by atoms with Gasteiger partial charge in [-0.25, -0.2) is 19.7 Å². The Kier molecular flexibility index (Phi) is 5.13. The Bertz CT molecular complexity index is 1440. The molecule has 0 radical (unpaired) electrons. The van der Waals surface area contributed by atoms with E-state index in [1.807, 2.05) is 6.07 Å². The third kappa shape index (κ3) is 3.92. The Morgan fingerprint density at radius 2 is 1.92 bits per heavy atom. The number of hydrogen-bond acceptors (Lipinski definition) is 6. The first-order valence-corrected chi connectivity index (χ1v) is 11.3. The van der Waals surface area contributed by atoms with E-state index in [1.54, 1.807) is 35.2 Å². The Balaban J connectivity index is 1.34. The number of benzene rings is 1. The van der Waals surface area contributed by atoms with E-state index in [2.05, 4.69) is 25.2 Å². The number of aromatic nitrogens is 3. The quantitative estimate of drug-likeness (QED) is 0.409. The van der Waals surface area contributed by atoms with Gasteiger partial charge in [-0.3, -0.25) is 10.2 Å². The minimum atomic E-state index is -4.46. The smallest absolute Gasteiger partial charge is 0.416 e. The standard InChI is InChI=1S/C25H19F3N6O2/c26-25(27,28)16-4-1-3-15(11-16)18-7-8-20-23(31-18)34(17-9-10-33(20)13-17)24(35)32-22-6-2-5-19(30-22)21-12-29-14-36-21/h1-8,11-12,14,17H,9-10,13H2,(H,30,32,35)/t17-/m0/s1. The molecule has 3 aromatic heterocycles. The Morgan fingerprint density at radius 3 is 2.72 bits per heavy atom. The molecule has 1 atom stereocenters. The van der Waals surface area contributed by atoms with Crippen LogP contribution < -0.4 is 15.1 Å². The van der Waals surface area contributed by atoms with E-state index in [4.69, 9.17) is 4.42 Å². The summed E-state index contributed by atoms with van der Waals surface area (Å²) in [6.07, 6.45) is -0.893. The van der Waals surface area contributed by atoms with E-state index in [0.29, 0.717) is 40.9 Å². The van der Waals surface area contributed by atoms with Crippen LogP contribution in [0.25, 0.3) is 22.7 Å². The molecule has 1 saturated heterocycles. The van der Waals surface area contributed by atoms with Crippen LogP contribution in [0.15, 0.2) is 71.6 Å². The van der Waals surface area contributed by atoms with Crippen molar-refractivity contribution in [1.82, 2.24) is 15.0 Å². The molecule has 6 rings (SSSR count). The van der Waals surface area contributed by atoms with Crippen LogP contribution in [0, 0.1) is 0 Å². The number of rotatable bonds is 3. The average Bonchev–Trinajstić information content (AvgIpc) is 3.55. The Hall–Kier alpha value is -4.41. The molecule has 0 unspecified atom stereocenters. The molecule has 4 aromatic rings. The maximum atomic E-state index is 13.5. The van der Waals surface area contributed by atoms with Crippen molar-refractivity contribution >= 4 is 23.4 Å². The molecule has 5 heterocycles. The van der Waals surface area contributed by atoms with Crippen LogP contribution in [-0.2, 0) is 6.18 Å². The van der Waals surface area contributed by atoms with Crippen molar-refractivity contribution in [1.29, 1.82) is 0 Å². The Morgan fingerprint density at radius 1 is 1.06 bits per heavy atom. The summed E-state index contributed by atoms with van der Waals surface area (Å²) in [5.74, 6) is 1.20. The summed E-state index contributed by atoms with van der Waals surface area (Å²) < 4.78 is 45.1. The second-order valence-electron chi connectivity index (χ2n) is 8.58. The van der Waals surface area contributed by atoms with Crippen LogP contribution in [-0.4, -0.2) is 40.1 Å². The number of amides is 2. The van der Waals surface area contributed by atoms with Gasteiger partial charge >= 0.3 is 12.2 Å². The average molecular weight is 492 g/mol. The molecule has 2 amide bonds. The van der Waals surface area contributed by atoms with Crippen molar-refractivity contribution in [2.45, 2.75) is 18.6 Å². The fourth-order valence-corrected chi connectivity index (χ4v) is 4.64. The molecule has 1 aromatic carbocycles. The summed E-state index contributed by atoms with van der Waals surface area (Å²) in [5.41, 5.74) is 1.20. The lowest BCUT2D eigenvalue weighted by Gasteiger charge is -2.35. The number of halogens is 3. The van der Waals surface area contributed by atoms with Crippen LogP contribution in [0.3, 0.4) is 0 Å². The van der Waals surface area contributed by atoms with Crippen molar-refractivity contribution in [3.63, 3.8) is 0 Å². The molecule has 36 heavy (non-hydrogen) atoms. The van der Waals surface area contributed by atoms with Crippen molar-refractivity contribution in [2.24, 2.45) is 0 Å². The van der Waals surface area contributed by atoms with Crippen LogP contribution >= 0.6 is 0 Å². The van der Waals surface area contributed by atoms with Gasteiger partial charge in [-0.1, -0.05) is 18.2 Å². The molecule has 1 fully saturated rings. The topological polar surface area (TPSA) is 87.4 Å². The number of alkyl halides is 3. The number of nitrogens with one attached hydrogen (secondary N) is 1. The summed E-state index contributed by atoms with van der Waals surface area (Å²) in [7, 11) is 0. The highest BCUT2D eigenvalue weighted by Gasteiger charge is 2.40. The second-order valence-corrected chi connectivity index (χ2v) is 8.58. The summed E-state index contributed by atoms with van der Waals surface area (Å²) >= 11 is 0. The van der Waals surface area contributed by atoms with E-state index in [-0.39, 0.29) is 6.04 Å². The van der Waals surface area contributed by atoms with Crippen LogP contribution in [0.5, 0.6) is 0 Å². The van der Waals surface area contributed by atoms with E-state index in [9.17, 15) is 18.0 Å². The van der Waals surface area contributed by atoms with Gasteiger partial charge < -0.3 is 9.32 Å². The van der Waals surface area contributed by atoms with E-state index in [1.165, 1.54) is 18.7 Å². The zero-order valence-electron chi connectivity index (χ0n) is 18.7.